The summed E-state index contributed by atoms with van der Waals surface area (Å²) < 4.78 is 0. The Labute approximate surface area is 176 Å². The Hall–Kier alpha value is -2.41. The third kappa shape index (κ3) is 3.88. The van der Waals surface area contributed by atoms with Gasteiger partial charge >= 0.3 is 0 Å². The molecule has 0 spiro atoms. The fourth-order valence-electron chi connectivity index (χ4n) is 4.07. The highest BCUT2D eigenvalue weighted by atomic mass is 32.1. The van der Waals surface area contributed by atoms with Crippen molar-refractivity contribution in [3.8, 4) is 0 Å². The van der Waals surface area contributed by atoms with Gasteiger partial charge in [0.05, 0.1) is 5.69 Å². The van der Waals surface area contributed by atoms with Gasteiger partial charge in [-0.2, -0.15) is 0 Å². The van der Waals surface area contributed by atoms with Crippen molar-refractivity contribution >= 4 is 34.0 Å². The quantitative estimate of drug-likeness (QED) is 0.772. The van der Waals surface area contributed by atoms with Crippen molar-refractivity contribution in [3.63, 3.8) is 0 Å². The predicted octanol–water partition coefficient (Wildman–Crippen LogP) is 3.41. The second-order valence-corrected chi connectivity index (χ2v) is 8.82. The number of hydrogen-bond acceptors (Lipinski definition) is 5. The van der Waals surface area contributed by atoms with Gasteiger partial charge in [-0.1, -0.05) is 30.4 Å². The molecule has 0 bridgehead atoms. The molecule has 2 aliphatic rings. The average Bonchev–Trinajstić information content (AvgIpc) is 3.35. The molecule has 2 saturated heterocycles. The molecule has 2 fully saturated rings. The molecule has 0 N–H and O–H groups in total. The standard InChI is InChI=1S/C22H28N4O2S/c1-4-17-20(29-22(23-17)26-9-5-6-19(26)27)21(28)25-12-10-24(11-13-25)18-14-15(2)7-8-16(18)3/h7-8,14H,4-6,9-13H2,1-3H3. The van der Waals surface area contributed by atoms with Crippen molar-refractivity contribution in [1.82, 2.24) is 9.88 Å². The first-order chi connectivity index (χ1) is 14.0. The van der Waals surface area contributed by atoms with E-state index in [0.717, 1.165) is 25.2 Å². The lowest BCUT2D eigenvalue weighted by molar-refractivity contribution is -0.117. The molecule has 0 aliphatic carbocycles. The van der Waals surface area contributed by atoms with Gasteiger partial charge in [0.2, 0.25) is 5.91 Å². The molecular formula is C22H28N4O2S. The van der Waals surface area contributed by atoms with Crippen molar-refractivity contribution < 1.29 is 9.59 Å². The van der Waals surface area contributed by atoms with Crippen LogP contribution in [0, 0.1) is 13.8 Å². The highest BCUT2D eigenvalue weighted by molar-refractivity contribution is 7.17. The van der Waals surface area contributed by atoms with Crippen LogP contribution in [0.1, 0.15) is 46.3 Å². The Morgan fingerprint density at radius 2 is 1.90 bits per heavy atom. The molecule has 0 radical (unpaired) electrons. The third-order valence-corrected chi connectivity index (χ3v) is 6.90. The van der Waals surface area contributed by atoms with Crippen LogP contribution in [0.5, 0.6) is 0 Å². The fraction of sp³-hybridized carbons (Fsp3) is 0.500. The highest BCUT2D eigenvalue weighted by Crippen LogP contribution is 2.31. The maximum Gasteiger partial charge on any atom is 0.266 e. The molecule has 154 valence electrons. The molecule has 6 nitrogen and oxygen atoms in total. The number of aryl methyl sites for hydroxylation is 3. The van der Waals surface area contributed by atoms with Crippen LogP contribution in [0.3, 0.4) is 0 Å². The van der Waals surface area contributed by atoms with Gasteiger partial charge < -0.3 is 9.80 Å². The van der Waals surface area contributed by atoms with Gasteiger partial charge in [0.15, 0.2) is 5.13 Å². The predicted molar refractivity (Wildman–Crippen MR) is 117 cm³/mol. The number of carbonyl (C=O) groups excluding carboxylic acids is 2. The number of carbonyl (C=O) groups is 2. The molecule has 3 heterocycles. The van der Waals surface area contributed by atoms with Gasteiger partial charge in [-0.25, -0.2) is 4.98 Å². The van der Waals surface area contributed by atoms with E-state index in [-0.39, 0.29) is 11.8 Å². The lowest BCUT2D eigenvalue weighted by Gasteiger charge is -2.36. The van der Waals surface area contributed by atoms with E-state index in [1.165, 1.54) is 28.2 Å². The Bertz CT molecular complexity index is 931. The van der Waals surface area contributed by atoms with E-state index in [0.29, 0.717) is 42.5 Å². The lowest BCUT2D eigenvalue weighted by atomic mass is 10.1. The SMILES string of the molecule is CCc1nc(N2CCCC2=O)sc1C(=O)N1CCN(c2cc(C)ccc2C)CC1. The zero-order chi connectivity index (χ0) is 20.5. The molecule has 4 rings (SSSR count). The number of hydrogen-bond donors (Lipinski definition) is 0. The van der Waals surface area contributed by atoms with Crippen molar-refractivity contribution in [3.05, 3.63) is 39.9 Å². The minimum atomic E-state index is 0.0536. The van der Waals surface area contributed by atoms with Crippen LogP contribution in [0.15, 0.2) is 18.2 Å². The minimum absolute atomic E-state index is 0.0536. The molecule has 0 atom stereocenters. The normalized spacial score (nSPS) is 17.3. The zero-order valence-electron chi connectivity index (χ0n) is 17.4. The van der Waals surface area contributed by atoms with Gasteiger partial charge in [-0.15, -0.1) is 0 Å². The van der Waals surface area contributed by atoms with Crippen molar-refractivity contribution in [2.45, 2.75) is 40.0 Å². The number of anilines is 2. The molecule has 0 saturated carbocycles. The number of benzene rings is 1. The summed E-state index contributed by atoms with van der Waals surface area (Å²) in [5, 5.41) is 0.682. The van der Waals surface area contributed by atoms with Crippen LogP contribution in [0.4, 0.5) is 10.8 Å². The first-order valence-electron chi connectivity index (χ1n) is 10.4. The van der Waals surface area contributed by atoms with Crippen molar-refractivity contribution in [2.24, 2.45) is 0 Å². The number of thiazole rings is 1. The number of aromatic nitrogens is 1. The summed E-state index contributed by atoms with van der Waals surface area (Å²) in [6, 6.07) is 6.52. The maximum atomic E-state index is 13.2. The monoisotopic (exact) mass is 412 g/mol. The number of amides is 2. The average molecular weight is 413 g/mol. The zero-order valence-corrected chi connectivity index (χ0v) is 18.2. The van der Waals surface area contributed by atoms with Crippen LogP contribution >= 0.6 is 11.3 Å². The Morgan fingerprint density at radius 3 is 2.55 bits per heavy atom. The molecule has 0 unspecified atom stereocenters. The van der Waals surface area contributed by atoms with Gasteiger partial charge in [0.1, 0.15) is 4.88 Å². The summed E-state index contributed by atoms with van der Waals surface area (Å²) in [6.45, 7) is 10.0. The van der Waals surface area contributed by atoms with E-state index in [1.807, 2.05) is 11.8 Å². The summed E-state index contributed by atoms with van der Waals surface area (Å²) >= 11 is 1.38. The van der Waals surface area contributed by atoms with E-state index in [1.54, 1.807) is 4.90 Å². The lowest BCUT2D eigenvalue weighted by Crippen LogP contribution is -2.49. The summed E-state index contributed by atoms with van der Waals surface area (Å²) in [5.74, 6) is 0.167. The second kappa shape index (κ2) is 8.14. The van der Waals surface area contributed by atoms with E-state index >= 15 is 0 Å². The topological polar surface area (TPSA) is 56.8 Å². The Morgan fingerprint density at radius 1 is 1.14 bits per heavy atom. The summed E-state index contributed by atoms with van der Waals surface area (Å²) in [7, 11) is 0. The van der Waals surface area contributed by atoms with Crippen LogP contribution < -0.4 is 9.80 Å². The van der Waals surface area contributed by atoms with E-state index < -0.39 is 0 Å². The van der Waals surface area contributed by atoms with Gasteiger partial charge in [0, 0.05) is 44.8 Å². The molecule has 2 aromatic rings. The highest BCUT2D eigenvalue weighted by Gasteiger charge is 2.30. The summed E-state index contributed by atoms with van der Waals surface area (Å²) in [6.07, 6.45) is 2.14. The smallest absolute Gasteiger partial charge is 0.266 e. The Kier molecular flexibility index (Phi) is 5.58. The Balaban J connectivity index is 1.48. The maximum absolute atomic E-state index is 13.2. The van der Waals surface area contributed by atoms with Crippen LogP contribution in [0.2, 0.25) is 0 Å². The van der Waals surface area contributed by atoms with Crippen LogP contribution in [-0.4, -0.2) is 54.4 Å². The van der Waals surface area contributed by atoms with Crippen molar-refractivity contribution in [1.29, 1.82) is 0 Å². The van der Waals surface area contributed by atoms with Crippen LogP contribution in [0.25, 0.3) is 0 Å². The largest absolute Gasteiger partial charge is 0.368 e. The molecule has 2 amide bonds. The van der Waals surface area contributed by atoms with Gasteiger partial charge in [0.25, 0.3) is 5.91 Å². The third-order valence-electron chi connectivity index (χ3n) is 5.79. The first-order valence-corrected chi connectivity index (χ1v) is 11.2. The van der Waals surface area contributed by atoms with Crippen molar-refractivity contribution in [2.75, 3.05) is 42.5 Å². The van der Waals surface area contributed by atoms with E-state index in [4.69, 9.17) is 0 Å². The van der Waals surface area contributed by atoms with E-state index in [2.05, 4.69) is 41.9 Å². The summed E-state index contributed by atoms with van der Waals surface area (Å²) in [4.78, 5) is 36.7. The number of nitrogens with zero attached hydrogens (tertiary/aromatic N) is 4. The molecule has 1 aromatic heterocycles. The molecule has 7 heteroatoms. The molecule has 2 aliphatic heterocycles. The van der Waals surface area contributed by atoms with Crippen LogP contribution in [-0.2, 0) is 11.2 Å². The van der Waals surface area contributed by atoms with Gasteiger partial charge in [-0.3, -0.25) is 14.5 Å². The first kappa shape index (κ1) is 19.9. The molecule has 1 aromatic carbocycles. The van der Waals surface area contributed by atoms with E-state index in [9.17, 15) is 9.59 Å². The number of piperazine rings is 1. The fourth-order valence-corrected chi connectivity index (χ4v) is 5.23. The molecule has 29 heavy (non-hydrogen) atoms. The number of rotatable bonds is 4. The second-order valence-electron chi connectivity index (χ2n) is 7.84. The minimum Gasteiger partial charge on any atom is -0.368 e. The molecular weight excluding hydrogens is 384 g/mol. The van der Waals surface area contributed by atoms with Gasteiger partial charge in [-0.05, 0) is 43.9 Å². The summed E-state index contributed by atoms with van der Waals surface area (Å²) in [5.41, 5.74) is 4.60.